The second kappa shape index (κ2) is 9.56. The highest BCUT2D eigenvalue weighted by Crippen LogP contribution is 2.29. The fraction of sp³-hybridized carbons (Fsp3) is 0.0500. The summed E-state index contributed by atoms with van der Waals surface area (Å²) in [4.78, 5) is 20.0. The van der Waals surface area contributed by atoms with Gasteiger partial charge >= 0.3 is 0 Å². The van der Waals surface area contributed by atoms with Gasteiger partial charge in [0, 0.05) is 11.4 Å². The molecule has 9 nitrogen and oxygen atoms in total. The highest BCUT2D eigenvalue weighted by Gasteiger charge is 2.17. The van der Waals surface area contributed by atoms with Crippen molar-refractivity contribution in [3.05, 3.63) is 72.4 Å². The number of benzene rings is 2. The van der Waals surface area contributed by atoms with E-state index < -0.39 is 10.0 Å². The molecule has 3 aromatic rings. The predicted molar refractivity (Wildman–Crippen MR) is 122 cm³/mol. The molecule has 0 unspecified atom stereocenters. The molecular weight excluding hydrogens is 440 g/mol. The van der Waals surface area contributed by atoms with E-state index in [0.717, 1.165) is 0 Å². The summed E-state index contributed by atoms with van der Waals surface area (Å²) >= 11 is 6.21. The number of para-hydroxylation sites is 1. The van der Waals surface area contributed by atoms with Gasteiger partial charge in [0.25, 0.3) is 0 Å². The Bertz CT molecular complexity index is 1230. The minimum absolute atomic E-state index is 0.0485. The Morgan fingerprint density at radius 2 is 1.84 bits per heavy atom. The zero-order valence-electron chi connectivity index (χ0n) is 16.4. The third kappa shape index (κ3) is 5.57. The maximum absolute atomic E-state index is 12.3. The molecule has 1 heterocycles. The lowest BCUT2D eigenvalue weighted by Gasteiger charge is -2.13. The van der Waals surface area contributed by atoms with Crippen molar-refractivity contribution in [2.75, 3.05) is 23.0 Å². The quantitative estimate of drug-likeness (QED) is 0.379. The average Bonchev–Trinajstić information content (AvgIpc) is 2.76. The van der Waals surface area contributed by atoms with Crippen LogP contribution in [0.15, 0.2) is 72.3 Å². The molecule has 0 saturated carbocycles. The van der Waals surface area contributed by atoms with Crippen LogP contribution in [0.25, 0.3) is 0 Å². The van der Waals surface area contributed by atoms with E-state index in [0.29, 0.717) is 17.1 Å². The van der Waals surface area contributed by atoms with Crippen molar-refractivity contribution in [1.29, 1.82) is 0 Å². The molecule has 0 saturated heterocycles. The molecule has 0 atom stereocenters. The van der Waals surface area contributed by atoms with Crippen molar-refractivity contribution in [2.45, 2.75) is 4.90 Å². The lowest BCUT2D eigenvalue weighted by atomic mass is 10.2. The van der Waals surface area contributed by atoms with Gasteiger partial charge < -0.3 is 16.0 Å². The standard InChI is InChI=1S/C20H19ClN6O3S/c1-3-18(28)24-13-7-6-8-14(11-13)25-20-23-12-15(21)19(27-20)26-16-9-4-5-10-17(16)31(29,30)22-2/h3-12,22H,1H2,2H3,(H,24,28)(H2,23,25,26,27). The molecule has 2 aromatic carbocycles. The Labute approximate surface area is 184 Å². The van der Waals surface area contributed by atoms with E-state index in [1.165, 1.54) is 25.4 Å². The second-order valence-electron chi connectivity index (χ2n) is 6.12. The van der Waals surface area contributed by atoms with Crippen LogP contribution in [0.1, 0.15) is 0 Å². The Morgan fingerprint density at radius 3 is 2.58 bits per heavy atom. The van der Waals surface area contributed by atoms with Gasteiger partial charge in [-0.05, 0) is 43.5 Å². The van der Waals surface area contributed by atoms with Crippen molar-refractivity contribution >= 4 is 56.4 Å². The number of nitrogens with one attached hydrogen (secondary N) is 4. The molecule has 160 valence electrons. The van der Waals surface area contributed by atoms with Crippen LogP contribution in [0.2, 0.25) is 5.02 Å². The van der Waals surface area contributed by atoms with E-state index in [2.05, 4.69) is 37.2 Å². The van der Waals surface area contributed by atoms with Gasteiger partial charge in [0.15, 0.2) is 5.82 Å². The van der Waals surface area contributed by atoms with E-state index >= 15 is 0 Å². The third-order valence-corrected chi connectivity index (χ3v) is 5.76. The van der Waals surface area contributed by atoms with Gasteiger partial charge in [-0.1, -0.05) is 36.4 Å². The van der Waals surface area contributed by atoms with Crippen molar-refractivity contribution in [3.8, 4) is 0 Å². The van der Waals surface area contributed by atoms with Crippen LogP contribution in [-0.2, 0) is 14.8 Å². The Balaban J connectivity index is 1.87. The number of anilines is 5. The van der Waals surface area contributed by atoms with E-state index in [4.69, 9.17) is 11.6 Å². The number of rotatable bonds is 8. The number of carbonyl (C=O) groups is 1. The van der Waals surface area contributed by atoms with Crippen molar-refractivity contribution in [2.24, 2.45) is 0 Å². The summed E-state index contributed by atoms with van der Waals surface area (Å²) in [6.07, 6.45) is 2.56. The lowest BCUT2D eigenvalue weighted by molar-refractivity contribution is -0.111. The van der Waals surface area contributed by atoms with Crippen molar-refractivity contribution in [3.63, 3.8) is 0 Å². The van der Waals surface area contributed by atoms with Gasteiger partial charge in [-0.3, -0.25) is 4.79 Å². The highest BCUT2D eigenvalue weighted by molar-refractivity contribution is 7.89. The van der Waals surface area contributed by atoms with E-state index in [9.17, 15) is 13.2 Å². The zero-order chi connectivity index (χ0) is 22.4. The van der Waals surface area contributed by atoms with Crippen molar-refractivity contribution < 1.29 is 13.2 Å². The summed E-state index contributed by atoms with van der Waals surface area (Å²) in [7, 11) is -2.36. The lowest BCUT2D eigenvalue weighted by Crippen LogP contribution is -2.19. The van der Waals surface area contributed by atoms with Crippen LogP contribution in [0, 0.1) is 0 Å². The summed E-state index contributed by atoms with van der Waals surface area (Å²) in [5.41, 5.74) is 1.49. The second-order valence-corrected chi connectivity index (χ2v) is 8.38. The molecule has 3 rings (SSSR count). The number of sulfonamides is 1. The molecule has 4 N–H and O–H groups in total. The number of hydrogen-bond acceptors (Lipinski definition) is 7. The first-order valence-corrected chi connectivity index (χ1v) is 10.8. The number of halogens is 1. The first-order valence-electron chi connectivity index (χ1n) is 8.95. The summed E-state index contributed by atoms with van der Waals surface area (Å²) in [5.74, 6) is 0.101. The maximum Gasteiger partial charge on any atom is 0.247 e. The SMILES string of the molecule is C=CC(=O)Nc1cccc(Nc2ncc(Cl)c(Nc3ccccc3S(=O)(=O)NC)n2)c1. The summed E-state index contributed by atoms with van der Waals surface area (Å²) < 4.78 is 26.8. The minimum Gasteiger partial charge on any atom is -0.338 e. The molecule has 1 amide bonds. The van der Waals surface area contributed by atoms with Gasteiger partial charge in [-0.15, -0.1) is 0 Å². The highest BCUT2D eigenvalue weighted by atomic mass is 35.5. The molecule has 31 heavy (non-hydrogen) atoms. The molecule has 0 aliphatic carbocycles. The number of nitrogens with zero attached hydrogens (tertiary/aromatic N) is 2. The molecule has 0 fully saturated rings. The van der Waals surface area contributed by atoms with Crippen LogP contribution in [0.4, 0.5) is 28.8 Å². The number of amides is 1. The van der Waals surface area contributed by atoms with Crippen LogP contribution in [0.3, 0.4) is 0 Å². The molecule has 1 aromatic heterocycles. The van der Waals surface area contributed by atoms with Gasteiger partial charge in [-0.25, -0.2) is 18.1 Å². The molecule has 0 aliphatic heterocycles. The molecule has 0 bridgehead atoms. The monoisotopic (exact) mass is 458 g/mol. The van der Waals surface area contributed by atoms with Gasteiger partial charge in [0.1, 0.15) is 9.92 Å². The molecule has 0 aliphatic rings. The first-order chi connectivity index (χ1) is 14.8. The van der Waals surface area contributed by atoms with Gasteiger partial charge in [-0.2, -0.15) is 4.98 Å². The van der Waals surface area contributed by atoms with Crippen molar-refractivity contribution in [1.82, 2.24) is 14.7 Å². The largest absolute Gasteiger partial charge is 0.338 e. The predicted octanol–water partition coefficient (Wildman–Crippen LogP) is 3.65. The molecule has 0 radical (unpaired) electrons. The van der Waals surface area contributed by atoms with Gasteiger partial charge in [0.2, 0.25) is 21.9 Å². The number of carbonyl (C=O) groups excluding carboxylic acids is 1. The Morgan fingerprint density at radius 1 is 1.10 bits per heavy atom. The van der Waals surface area contributed by atoms with Crippen LogP contribution >= 0.6 is 11.6 Å². The van der Waals surface area contributed by atoms with Crippen LogP contribution in [0.5, 0.6) is 0 Å². The van der Waals surface area contributed by atoms with Crippen LogP contribution in [-0.4, -0.2) is 31.3 Å². The third-order valence-electron chi connectivity index (χ3n) is 4.01. The van der Waals surface area contributed by atoms with Crippen LogP contribution < -0.4 is 20.7 Å². The van der Waals surface area contributed by atoms with E-state index in [-0.39, 0.29) is 27.6 Å². The summed E-state index contributed by atoms with van der Waals surface area (Å²) in [6.45, 7) is 3.42. The molecule has 11 heteroatoms. The molecular formula is C20H19ClN6O3S. The van der Waals surface area contributed by atoms with E-state index in [1.807, 2.05) is 0 Å². The number of hydrogen-bond donors (Lipinski definition) is 4. The summed E-state index contributed by atoms with van der Waals surface area (Å²) in [6, 6.07) is 13.3. The fourth-order valence-electron chi connectivity index (χ4n) is 2.55. The van der Waals surface area contributed by atoms with Gasteiger partial charge in [0.05, 0.1) is 11.9 Å². The van der Waals surface area contributed by atoms with E-state index in [1.54, 1.807) is 42.5 Å². The summed E-state index contributed by atoms with van der Waals surface area (Å²) in [5, 5.41) is 8.82. The maximum atomic E-state index is 12.3. The first kappa shape index (κ1) is 22.2. The average molecular weight is 459 g/mol. The molecule has 0 spiro atoms. The Hall–Kier alpha value is -3.47. The zero-order valence-corrected chi connectivity index (χ0v) is 18.0. The number of aromatic nitrogens is 2. The topological polar surface area (TPSA) is 125 Å². The minimum atomic E-state index is -3.69. The smallest absolute Gasteiger partial charge is 0.247 e. The fourth-order valence-corrected chi connectivity index (χ4v) is 3.58. The normalized spacial score (nSPS) is 10.9. The Kier molecular flexibility index (Phi) is 6.85.